The van der Waals surface area contributed by atoms with E-state index in [0.717, 1.165) is 31.4 Å². The van der Waals surface area contributed by atoms with E-state index in [-0.39, 0.29) is 5.91 Å². The number of carbonyl (C=O) groups is 1. The van der Waals surface area contributed by atoms with E-state index in [9.17, 15) is 4.79 Å². The van der Waals surface area contributed by atoms with Gasteiger partial charge in [-0.2, -0.15) is 0 Å². The van der Waals surface area contributed by atoms with Crippen LogP contribution in [0.5, 0.6) is 0 Å². The summed E-state index contributed by atoms with van der Waals surface area (Å²) in [6, 6.07) is 6.23. The van der Waals surface area contributed by atoms with Crippen molar-refractivity contribution < 1.29 is 4.79 Å². The molecule has 1 aromatic rings. The molecule has 1 aromatic carbocycles. The van der Waals surface area contributed by atoms with Crippen LogP contribution in [-0.2, 0) is 0 Å². The molecule has 4 N–H and O–H groups in total. The highest BCUT2D eigenvalue weighted by Gasteiger charge is 2.23. The van der Waals surface area contributed by atoms with Crippen LogP contribution >= 0.6 is 0 Å². The highest BCUT2D eigenvalue weighted by Crippen LogP contribution is 2.23. The van der Waals surface area contributed by atoms with Crippen LogP contribution in [0.4, 0.5) is 11.4 Å². The van der Waals surface area contributed by atoms with Crippen LogP contribution in [0, 0.1) is 0 Å². The van der Waals surface area contributed by atoms with E-state index in [1.807, 2.05) is 12.1 Å². The van der Waals surface area contributed by atoms with Crippen molar-refractivity contribution in [3.05, 3.63) is 23.8 Å². The molecular weight excluding hydrogens is 238 g/mol. The lowest BCUT2D eigenvalue weighted by molar-refractivity contribution is 0.0951. The van der Waals surface area contributed by atoms with E-state index < -0.39 is 0 Å². The zero-order valence-electron chi connectivity index (χ0n) is 11.7. The third-order valence-corrected chi connectivity index (χ3v) is 3.35. The molecule has 1 aliphatic carbocycles. The summed E-state index contributed by atoms with van der Waals surface area (Å²) in [6.45, 7) is 4.30. The van der Waals surface area contributed by atoms with Crippen molar-refractivity contribution in [1.29, 1.82) is 0 Å². The Balaban J connectivity index is 2.01. The lowest BCUT2D eigenvalue weighted by atomic mass is 10.1. The zero-order valence-corrected chi connectivity index (χ0v) is 11.7. The number of amides is 1. The highest BCUT2D eigenvalue weighted by molar-refractivity contribution is 5.96. The first-order valence-electron chi connectivity index (χ1n) is 7.07. The molecule has 1 fully saturated rings. The second kappa shape index (κ2) is 5.95. The number of nitrogens with one attached hydrogen (secondary N) is 2. The van der Waals surface area contributed by atoms with Gasteiger partial charge in [0.15, 0.2) is 0 Å². The predicted octanol–water partition coefficient (Wildman–Crippen LogP) is 2.76. The lowest BCUT2D eigenvalue weighted by Crippen LogP contribution is -2.25. The van der Waals surface area contributed by atoms with Crippen molar-refractivity contribution in [1.82, 2.24) is 5.32 Å². The van der Waals surface area contributed by atoms with Gasteiger partial charge in [0.05, 0.1) is 11.4 Å². The van der Waals surface area contributed by atoms with Crippen molar-refractivity contribution >= 4 is 17.3 Å². The maximum absolute atomic E-state index is 11.9. The van der Waals surface area contributed by atoms with Gasteiger partial charge in [0, 0.05) is 17.6 Å². The van der Waals surface area contributed by atoms with Gasteiger partial charge >= 0.3 is 0 Å². The van der Waals surface area contributed by atoms with Crippen LogP contribution in [0.1, 0.15) is 49.9 Å². The van der Waals surface area contributed by atoms with Crippen LogP contribution in [0.15, 0.2) is 18.2 Å². The molecule has 1 saturated carbocycles. The van der Waals surface area contributed by atoms with Crippen molar-refractivity contribution in [3.8, 4) is 0 Å². The van der Waals surface area contributed by atoms with Crippen LogP contribution < -0.4 is 16.4 Å². The van der Waals surface area contributed by atoms with Crippen molar-refractivity contribution in [2.24, 2.45) is 0 Å². The van der Waals surface area contributed by atoms with E-state index in [4.69, 9.17) is 5.73 Å². The van der Waals surface area contributed by atoms with Crippen LogP contribution in [0.25, 0.3) is 0 Å². The van der Waals surface area contributed by atoms with E-state index in [0.29, 0.717) is 23.3 Å². The number of rotatable bonds is 6. The summed E-state index contributed by atoms with van der Waals surface area (Å²) < 4.78 is 0. The number of nitrogens with two attached hydrogens (primary N) is 1. The summed E-state index contributed by atoms with van der Waals surface area (Å²) in [5, 5.41) is 6.34. The minimum atomic E-state index is -0.0256. The molecule has 1 amide bonds. The summed E-state index contributed by atoms with van der Waals surface area (Å²) in [5.74, 6) is -0.0256. The molecule has 1 unspecified atom stereocenters. The Labute approximate surface area is 114 Å². The minimum Gasteiger partial charge on any atom is -0.397 e. The molecule has 0 aliphatic heterocycles. The zero-order chi connectivity index (χ0) is 13.8. The van der Waals surface area contributed by atoms with Gasteiger partial charge < -0.3 is 16.4 Å². The van der Waals surface area contributed by atoms with Gasteiger partial charge in [-0.25, -0.2) is 0 Å². The van der Waals surface area contributed by atoms with Crippen LogP contribution in [0.2, 0.25) is 0 Å². The molecule has 1 atom stereocenters. The smallest absolute Gasteiger partial charge is 0.251 e. The average molecular weight is 261 g/mol. The number of nitrogen functional groups attached to an aromatic ring is 1. The lowest BCUT2D eigenvalue weighted by Gasteiger charge is -2.16. The van der Waals surface area contributed by atoms with E-state index in [1.165, 1.54) is 0 Å². The Bertz CT molecular complexity index is 455. The molecule has 1 aliphatic rings. The maximum atomic E-state index is 11.9. The second-order valence-corrected chi connectivity index (χ2v) is 5.38. The SMILES string of the molecule is CCCC(C)Nc1ccc(C(=O)NC2CC2)cc1N. The summed E-state index contributed by atoms with van der Waals surface area (Å²) in [4.78, 5) is 11.9. The highest BCUT2D eigenvalue weighted by atomic mass is 16.1. The fraction of sp³-hybridized carbons (Fsp3) is 0.533. The first kappa shape index (κ1) is 13.7. The molecule has 4 nitrogen and oxygen atoms in total. The predicted molar refractivity (Wildman–Crippen MR) is 79.3 cm³/mol. The molecule has 2 rings (SSSR count). The van der Waals surface area contributed by atoms with Gasteiger partial charge in [0.1, 0.15) is 0 Å². The Kier molecular flexibility index (Phi) is 4.30. The van der Waals surface area contributed by atoms with Gasteiger partial charge in [-0.15, -0.1) is 0 Å². The number of hydrogen-bond acceptors (Lipinski definition) is 3. The quantitative estimate of drug-likeness (QED) is 0.690. The fourth-order valence-electron chi connectivity index (χ4n) is 2.10. The molecule has 0 aromatic heterocycles. The van der Waals surface area contributed by atoms with Gasteiger partial charge in [0.25, 0.3) is 5.91 Å². The summed E-state index contributed by atoms with van der Waals surface area (Å²) in [6.07, 6.45) is 4.42. The van der Waals surface area contributed by atoms with Gasteiger partial charge in [-0.1, -0.05) is 13.3 Å². The van der Waals surface area contributed by atoms with Crippen molar-refractivity contribution in [2.75, 3.05) is 11.1 Å². The third-order valence-electron chi connectivity index (χ3n) is 3.35. The van der Waals surface area contributed by atoms with Gasteiger partial charge in [-0.05, 0) is 44.4 Å². The molecule has 0 saturated heterocycles. The topological polar surface area (TPSA) is 67.2 Å². The minimum absolute atomic E-state index is 0.0256. The Morgan fingerprint density at radius 3 is 2.79 bits per heavy atom. The Morgan fingerprint density at radius 2 is 2.21 bits per heavy atom. The molecular formula is C15H23N3O. The number of anilines is 2. The monoisotopic (exact) mass is 261 g/mol. The first-order chi connectivity index (χ1) is 9.10. The Morgan fingerprint density at radius 1 is 1.47 bits per heavy atom. The standard InChI is InChI=1S/C15H23N3O/c1-3-4-10(2)17-14-8-5-11(9-13(14)16)15(19)18-12-6-7-12/h5,8-10,12,17H,3-4,6-7,16H2,1-2H3,(H,18,19). The molecule has 0 bridgehead atoms. The average Bonchev–Trinajstić information content (AvgIpc) is 3.16. The van der Waals surface area contributed by atoms with Crippen molar-refractivity contribution in [3.63, 3.8) is 0 Å². The Hall–Kier alpha value is -1.71. The molecule has 0 radical (unpaired) electrons. The number of hydrogen-bond donors (Lipinski definition) is 3. The van der Waals surface area contributed by atoms with Crippen molar-refractivity contribution in [2.45, 2.75) is 51.6 Å². The van der Waals surface area contributed by atoms with E-state index in [2.05, 4.69) is 24.5 Å². The number of benzene rings is 1. The van der Waals surface area contributed by atoms with E-state index >= 15 is 0 Å². The second-order valence-electron chi connectivity index (χ2n) is 5.38. The largest absolute Gasteiger partial charge is 0.397 e. The molecule has 0 heterocycles. The number of carbonyl (C=O) groups excluding carboxylic acids is 1. The van der Waals surface area contributed by atoms with Crippen LogP contribution in [0.3, 0.4) is 0 Å². The normalized spacial score (nSPS) is 15.9. The first-order valence-corrected chi connectivity index (χ1v) is 7.07. The maximum Gasteiger partial charge on any atom is 0.251 e. The summed E-state index contributed by atoms with van der Waals surface area (Å²) >= 11 is 0. The van der Waals surface area contributed by atoms with E-state index in [1.54, 1.807) is 6.07 Å². The van der Waals surface area contributed by atoms with Crippen LogP contribution in [-0.4, -0.2) is 18.0 Å². The van der Waals surface area contributed by atoms with Gasteiger partial charge in [-0.3, -0.25) is 4.79 Å². The summed E-state index contributed by atoms with van der Waals surface area (Å²) in [7, 11) is 0. The molecule has 0 spiro atoms. The summed E-state index contributed by atoms with van der Waals surface area (Å²) in [5.41, 5.74) is 8.18. The van der Waals surface area contributed by atoms with Gasteiger partial charge in [0.2, 0.25) is 0 Å². The third kappa shape index (κ3) is 3.88. The fourth-order valence-corrected chi connectivity index (χ4v) is 2.10. The molecule has 4 heteroatoms. The molecule has 19 heavy (non-hydrogen) atoms. The molecule has 104 valence electrons.